The van der Waals surface area contributed by atoms with Crippen LogP contribution in [0.1, 0.15) is 17.0 Å². The van der Waals surface area contributed by atoms with Gasteiger partial charge in [0.2, 0.25) is 0 Å². The van der Waals surface area contributed by atoms with E-state index in [0.29, 0.717) is 5.02 Å². The number of halogens is 1. The molecule has 1 saturated carbocycles. The maximum atomic E-state index is 13.4. The van der Waals surface area contributed by atoms with Crippen molar-refractivity contribution in [3.63, 3.8) is 0 Å². The number of hydrogen-bond donors (Lipinski definition) is 1. The Morgan fingerprint density at radius 3 is 2.27 bits per heavy atom. The standard InChI is InChI=1S/C19H20ClNO3S2/c1-12-3-9-15(10-4-12)26(22,23)17-16(13-5-7-14(20)8-6-13)19(17,11-24-2)18(21)25/h3-10,16-17H,11H2,1-2H3,(H2,21,25)/t16-,17+,19-/m0/s1. The van der Waals surface area contributed by atoms with Crippen LogP contribution < -0.4 is 5.73 Å². The Kier molecular flexibility index (Phi) is 5.14. The maximum Gasteiger partial charge on any atom is 0.182 e. The van der Waals surface area contributed by atoms with E-state index in [1.165, 1.54) is 7.11 Å². The number of benzene rings is 2. The summed E-state index contributed by atoms with van der Waals surface area (Å²) < 4.78 is 32.0. The first-order valence-electron chi connectivity index (χ1n) is 8.10. The molecular formula is C19H20ClNO3S2. The highest BCUT2D eigenvalue weighted by atomic mass is 35.5. The lowest BCUT2D eigenvalue weighted by atomic mass is 10.00. The summed E-state index contributed by atoms with van der Waals surface area (Å²) in [6.45, 7) is 2.06. The summed E-state index contributed by atoms with van der Waals surface area (Å²) in [5, 5.41) is -0.184. The zero-order valence-corrected chi connectivity index (χ0v) is 16.9. The minimum Gasteiger partial charge on any atom is -0.393 e. The number of methoxy groups -OCH3 is 1. The number of aryl methyl sites for hydroxylation is 1. The van der Waals surface area contributed by atoms with Gasteiger partial charge in [0, 0.05) is 18.1 Å². The first kappa shape index (κ1) is 19.3. The van der Waals surface area contributed by atoms with Gasteiger partial charge in [-0.05, 0) is 36.8 Å². The number of thiocarbonyl (C=S) groups is 1. The molecule has 2 N–H and O–H groups in total. The van der Waals surface area contributed by atoms with E-state index in [1.54, 1.807) is 36.4 Å². The van der Waals surface area contributed by atoms with E-state index >= 15 is 0 Å². The van der Waals surface area contributed by atoms with Gasteiger partial charge in [-0.2, -0.15) is 0 Å². The molecule has 0 unspecified atom stereocenters. The van der Waals surface area contributed by atoms with Gasteiger partial charge in [0.1, 0.15) is 0 Å². The summed E-state index contributed by atoms with van der Waals surface area (Å²) in [6, 6.07) is 13.9. The number of nitrogens with two attached hydrogens (primary N) is 1. The molecule has 0 amide bonds. The van der Waals surface area contributed by atoms with E-state index in [-0.39, 0.29) is 22.4 Å². The molecule has 0 saturated heterocycles. The lowest BCUT2D eigenvalue weighted by Gasteiger charge is -2.16. The molecule has 4 nitrogen and oxygen atoms in total. The van der Waals surface area contributed by atoms with Gasteiger partial charge in [-0.25, -0.2) is 8.42 Å². The van der Waals surface area contributed by atoms with Crippen LogP contribution in [0.2, 0.25) is 5.02 Å². The highest BCUT2D eigenvalue weighted by Crippen LogP contribution is 2.64. The van der Waals surface area contributed by atoms with Crippen LogP contribution in [0.25, 0.3) is 0 Å². The molecule has 0 bridgehead atoms. The van der Waals surface area contributed by atoms with E-state index in [2.05, 4.69) is 0 Å². The Bertz CT molecular complexity index is 926. The van der Waals surface area contributed by atoms with Crippen molar-refractivity contribution in [2.24, 2.45) is 11.1 Å². The number of sulfone groups is 1. The number of hydrogen-bond acceptors (Lipinski definition) is 4. The van der Waals surface area contributed by atoms with E-state index in [9.17, 15) is 8.42 Å². The van der Waals surface area contributed by atoms with Gasteiger partial charge in [0.05, 0.1) is 27.2 Å². The fraction of sp³-hybridized carbons (Fsp3) is 0.316. The minimum absolute atomic E-state index is 0.144. The van der Waals surface area contributed by atoms with Gasteiger partial charge in [-0.3, -0.25) is 0 Å². The lowest BCUT2D eigenvalue weighted by molar-refractivity contribution is 0.166. The van der Waals surface area contributed by atoms with Gasteiger partial charge < -0.3 is 10.5 Å². The summed E-state index contributed by atoms with van der Waals surface area (Å²) in [6.07, 6.45) is 0. The minimum atomic E-state index is -3.65. The van der Waals surface area contributed by atoms with Gasteiger partial charge in [-0.15, -0.1) is 0 Å². The highest BCUT2D eigenvalue weighted by Gasteiger charge is 2.73. The Morgan fingerprint density at radius 1 is 1.19 bits per heavy atom. The summed E-state index contributed by atoms with van der Waals surface area (Å²) >= 11 is 11.3. The smallest absolute Gasteiger partial charge is 0.182 e. The summed E-state index contributed by atoms with van der Waals surface area (Å²) in [7, 11) is -2.12. The first-order valence-corrected chi connectivity index (χ1v) is 10.4. The molecule has 0 aliphatic heterocycles. The Hall–Kier alpha value is -1.47. The van der Waals surface area contributed by atoms with Crippen molar-refractivity contribution < 1.29 is 13.2 Å². The predicted molar refractivity (Wildman–Crippen MR) is 107 cm³/mol. The molecule has 138 valence electrons. The van der Waals surface area contributed by atoms with Crippen LogP contribution in [0.4, 0.5) is 0 Å². The molecule has 3 atom stereocenters. The maximum absolute atomic E-state index is 13.4. The average Bonchev–Trinajstić information content (AvgIpc) is 3.27. The summed E-state index contributed by atoms with van der Waals surface area (Å²) in [5.41, 5.74) is 6.92. The fourth-order valence-corrected chi connectivity index (χ4v) is 6.55. The third-order valence-corrected chi connectivity index (χ3v) is 7.93. The van der Waals surface area contributed by atoms with Crippen molar-refractivity contribution in [2.75, 3.05) is 13.7 Å². The Morgan fingerprint density at radius 2 is 1.77 bits per heavy atom. The third kappa shape index (κ3) is 3.05. The largest absolute Gasteiger partial charge is 0.393 e. The molecule has 2 aromatic carbocycles. The second kappa shape index (κ2) is 6.93. The van der Waals surface area contributed by atoms with E-state index in [0.717, 1.165) is 11.1 Å². The van der Waals surface area contributed by atoms with Crippen molar-refractivity contribution in [1.82, 2.24) is 0 Å². The molecule has 0 spiro atoms. The van der Waals surface area contributed by atoms with Crippen LogP contribution in [-0.2, 0) is 14.6 Å². The van der Waals surface area contributed by atoms with Crippen molar-refractivity contribution in [3.8, 4) is 0 Å². The van der Waals surface area contributed by atoms with Crippen molar-refractivity contribution >= 4 is 38.6 Å². The first-order chi connectivity index (χ1) is 12.2. The molecule has 26 heavy (non-hydrogen) atoms. The number of ether oxygens (including phenoxy) is 1. The molecule has 1 aliphatic carbocycles. The molecule has 0 heterocycles. The molecule has 1 aliphatic rings. The topological polar surface area (TPSA) is 69.4 Å². The van der Waals surface area contributed by atoms with Gasteiger partial charge in [0.15, 0.2) is 9.84 Å². The predicted octanol–water partition coefficient (Wildman–Crippen LogP) is 3.51. The van der Waals surface area contributed by atoms with Gasteiger partial charge in [-0.1, -0.05) is 53.6 Å². The highest BCUT2D eigenvalue weighted by molar-refractivity contribution is 7.92. The van der Waals surface area contributed by atoms with Crippen LogP contribution in [-0.4, -0.2) is 32.4 Å². The average molecular weight is 410 g/mol. The van der Waals surface area contributed by atoms with Crippen LogP contribution in [0.3, 0.4) is 0 Å². The molecule has 2 aromatic rings. The van der Waals surface area contributed by atoms with E-state index in [4.69, 9.17) is 34.3 Å². The fourth-order valence-electron chi connectivity index (χ4n) is 3.65. The zero-order chi connectivity index (χ0) is 19.1. The Labute approximate surface area is 164 Å². The quantitative estimate of drug-likeness (QED) is 0.739. The summed E-state index contributed by atoms with van der Waals surface area (Å²) in [5.74, 6) is -0.372. The second-order valence-electron chi connectivity index (χ2n) is 6.65. The van der Waals surface area contributed by atoms with Crippen LogP contribution in [0, 0.1) is 12.3 Å². The monoisotopic (exact) mass is 409 g/mol. The van der Waals surface area contributed by atoms with Crippen LogP contribution in [0.5, 0.6) is 0 Å². The lowest BCUT2D eigenvalue weighted by Crippen LogP contribution is -2.33. The van der Waals surface area contributed by atoms with Crippen molar-refractivity contribution in [2.45, 2.75) is 23.0 Å². The van der Waals surface area contributed by atoms with Crippen molar-refractivity contribution in [3.05, 3.63) is 64.7 Å². The molecule has 7 heteroatoms. The van der Waals surface area contributed by atoms with Crippen molar-refractivity contribution in [1.29, 1.82) is 0 Å². The normalized spacial score (nSPS) is 25.0. The zero-order valence-electron chi connectivity index (χ0n) is 14.5. The summed E-state index contributed by atoms with van der Waals surface area (Å²) in [4.78, 5) is 0.418. The number of rotatable bonds is 6. The molecule has 1 fully saturated rings. The molecule has 3 rings (SSSR count). The third-order valence-electron chi connectivity index (χ3n) is 5.01. The van der Waals surface area contributed by atoms with E-state index in [1.807, 2.05) is 19.1 Å². The molecular weight excluding hydrogens is 390 g/mol. The molecule has 0 aromatic heterocycles. The Balaban J connectivity index is 2.11. The SMILES string of the molecule is COC[C@@]1(C(N)=S)[C@H](S(=O)(=O)c2ccc(C)cc2)[C@@H]1c1ccc(Cl)cc1. The van der Waals surface area contributed by atoms with E-state index < -0.39 is 20.5 Å². The van der Waals surface area contributed by atoms with Gasteiger partial charge in [0.25, 0.3) is 0 Å². The van der Waals surface area contributed by atoms with Gasteiger partial charge >= 0.3 is 0 Å². The van der Waals surface area contributed by atoms with Crippen LogP contribution in [0.15, 0.2) is 53.4 Å². The second-order valence-corrected chi connectivity index (χ2v) is 9.59. The van der Waals surface area contributed by atoms with Crippen LogP contribution >= 0.6 is 23.8 Å². The molecule has 0 radical (unpaired) electrons.